The molecule has 1 fully saturated rings. The van der Waals surface area contributed by atoms with Gasteiger partial charge in [-0.05, 0) is 26.7 Å². The Kier molecular flexibility index (Phi) is 4.67. The molecule has 8 nitrogen and oxygen atoms in total. The van der Waals surface area contributed by atoms with Crippen LogP contribution in [0.2, 0.25) is 0 Å². The summed E-state index contributed by atoms with van der Waals surface area (Å²) in [5.74, 6) is 0.0904. The fraction of sp³-hybridized carbons (Fsp3) is 0.611. The van der Waals surface area contributed by atoms with Crippen molar-refractivity contribution in [2.75, 3.05) is 19.8 Å². The molecule has 2 aliphatic heterocycles. The lowest BCUT2D eigenvalue weighted by Gasteiger charge is -2.22. The Labute approximate surface area is 152 Å². The monoisotopic (exact) mass is 360 g/mol. The van der Waals surface area contributed by atoms with Gasteiger partial charge in [0, 0.05) is 37.9 Å². The minimum absolute atomic E-state index is 0.0465. The third-order valence-electron chi connectivity index (χ3n) is 4.89. The van der Waals surface area contributed by atoms with Gasteiger partial charge in [0.1, 0.15) is 11.3 Å². The SMILES string of the molecule is CCOC(=O)c1c(-c2cnn(C3CCOCC3)c2)nn2c1O[C@@H](C)CC2. The Morgan fingerprint density at radius 3 is 2.92 bits per heavy atom. The van der Waals surface area contributed by atoms with Gasteiger partial charge in [-0.3, -0.25) is 4.68 Å². The second kappa shape index (κ2) is 7.11. The number of carbonyl (C=O) groups excluding carboxylic acids is 1. The number of rotatable bonds is 4. The maximum atomic E-state index is 12.6. The number of fused-ring (bicyclic) bond motifs is 1. The van der Waals surface area contributed by atoms with E-state index in [4.69, 9.17) is 14.2 Å². The van der Waals surface area contributed by atoms with Crippen LogP contribution in [-0.4, -0.2) is 51.5 Å². The van der Waals surface area contributed by atoms with E-state index in [2.05, 4.69) is 10.2 Å². The fourth-order valence-electron chi connectivity index (χ4n) is 3.47. The summed E-state index contributed by atoms with van der Waals surface area (Å²) < 4.78 is 20.3. The molecule has 0 amide bonds. The van der Waals surface area contributed by atoms with Crippen LogP contribution < -0.4 is 4.74 Å². The lowest BCUT2D eigenvalue weighted by Crippen LogP contribution is -2.24. The summed E-state index contributed by atoms with van der Waals surface area (Å²) in [5.41, 5.74) is 1.77. The molecule has 2 aromatic rings. The van der Waals surface area contributed by atoms with Gasteiger partial charge in [-0.2, -0.15) is 10.2 Å². The van der Waals surface area contributed by atoms with E-state index in [1.807, 2.05) is 17.8 Å². The molecule has 0 aromatic carbocycles. The molecule has 4 rings (SSSR count). The van der Waals surface area contributed by atoms with E-state index in [-0.39, 0.29) is 6.10 Å². The summed E-state index contributed by atoms with van der Waals surface area (Å²) in [6.07, 6.45) is 6.49. The van der Waals surface area contributed by atoms with Gasteiger partial charge in [0.2, 0.25) is 5.88 Å². The Morgan fingerprint density at radius 1 is 1.35 bits per heavy atom. The predicted octanol–water partition coefficient (Wildman–Crippen LogP) is 2.45. The molecule has 0 spiro atoms. The summed E-state index contributed by atoms with van der Waals surface area (Å²) in [5, 5.41) is 9.13. The third kappa shape index (κ3) is 3.09. The lowest BCUT2D eigenvalue weighted by atomic mass is 10.1. The van der Waals surface area contributed by atoms with Crippen molar-refractivity contribution < 1.29 is 19.0 Å². The molecule has 2 aromatic heterocycles. The molecular weight excluding hydrogens is 336 g/mol. The van der Waals surface area contributed by atoms with Crippen molar-refractivity contribution in [3.63, 3.8) is 0 Å². The molecule has 140 valence electrons. The molecule has 26 heavy (non-hydrogen) atoms. The van der Waals surface area contributed by atoms with Crippen LogP contribution in [0.25, 0.3) is 11.3 Å². The highest BCUT2D eigenvalue weighted by Crippen LogP contribution is 2.35. The lowest BCUT2D eigenvalue weighted by molar-refractivity contribution is 0.0515. The van der Waals surface area contributed by atoms with Gasteiger partial charge in [0.25, 0.3) is 0 Å². The molecule has 8 heteroatoms. The first-order valence-electron chi connectivity index (χ1n) is 9.24. The molecule has 1 atom stereocenters. The fourth-order valence-corrected chi connectivity index (χ4v) is 3.47. The molecule has 0 radical (unpaired) electrons. The highest BCUT2D eigenvalue weighted by molar-refractivity contribution is 5.98. The van der Waals surface area contributed by atoms with Crippen molar-refractivity contribution in [1.82, 2.24) is 19.6 Å². The molecule has 4 heterocycles. The zero-order valence-corrected chi connectivity index (χ0v) is 15.2. The maximum absolute atomic E-state index is 12.6. The average molecular weight is 360 g/mol. The van der Waals surface area contributed by atoms with E-state index in [0.29, 0.717) is 29.8 Å². The predicted molar refractivity (Wildman–Crippen MR) is 93.2 cm³/mol. The summed E-state index contributed by atoms with van der Waals surface area (Å²) in [6.45, 7) is 6.31. The highest BCUT2D eigenvalue weighted by Gasteiger charge is 2.31. The zero-order chi connectivity index (χ0) is 18.1. The Hall–Kier alpha value is -2.35. The van der Waals surface area contributed by atoms with Crippen LogP contribution >= 0.6 is 0 Å². The Balaban J connectivity index is 1.71. The molecule has 0 aliphatic carbocycles. The van der Waals surface area contributed by atoms with Crippen LogP contribution in [0.4, 0.5) is 0 Å². The smallest absolute Gasteiger partial charge is 0.345 e. The maximum Gasteiger partial charge on any atom is 0.345 e. The molecule has 0 saturated carbocycles. The van der Waals surface area contributed by atoms with Crippen LogP contribution in [0.5, 0.6) is 5.88 Å². The number of hydrogen-bond donors (Lipinski definition) is 0. The molecule has 0 unspecified atom stereocenters. The molecule has 0 bridgehead atoms. The summed E-state index contributed by atoms with van der Waals surface area (Å²) in [7, 11) is 0. The molecule has 2 aliphatic rings. The van der Waals surface area contributed by atoms with Crippen molar-refractivity contribution in [2.24, 2.45) is 0 Å². The van der Waals surface area contributed by atoms with E-state index in [1.165, 1.54) is 0 Å². The summed E-state index contributed by atoms with van der Waals surface area (Å²) >= 11 is 0. The number of hydrogen-bond acceptors (Lipinski definition) is 6. The van der Waals surface area contributed by atoms with Gasteiger partial charge < -0.3 is 14.2 Å². The van der Waals surface area contributed by atoms with Crippen molar-refractivity contribution in [3.8, 4) is 17.1 Å². The first kappa shape index (κ1) is 17.1. The quantitative estimate of drug-likeness (QED) is 0.779. The minimum Gasteiger partial charge on any atom is -0.474 e. The first-order valence-corrected chi connectivity index (χ1v) is 9.24. The standard InChI is InChI=1S/C18H24N4O4/c1-3-25-18(23)15-16(20-21-7-4-12(2)26-17(15)21)13-10-19-22(11-13)14-5-8-24-9-6-14/h10-12,14H,3-9H2,1-2H3/t12-/m0/s1. The van der Waals surface area contributed by atoms with Gasteiger partial charge in [-0.25, -0.2) is 9.48 Å². The van der Waals surface area contributed by atoms with Crippen LogP contribution in [-0.2, 0) is 16.0 Å². The second-order valence-corrected chi connectivity index (χ2v) is 6.74. The van der Waals surface area contributed by atoms with Crippen molar-refractivity contribution in [3.05, 3.63) is 18.0 Å². The van der Waals surface area contributed by atoms with Gasteiger partial charge in [0.05, 0.1) is 24.9 Å². The van der Waals surface area contributed by atoms with Crippen LogP contribution in [0, 0.1) is 0 Å². The zero-order valence-electron chi connectivity index (χ0n) is 15.2. The highest BCUT2D eigenvalue weighted by atomic mass is 16.5. The average Bonchev–Trinajstić information content (AvgIpc) is 3.27. The summed E-state index contributed by atoms with van der Waals surface area (Å²) in [4.78, 5) is 12.6. The van der Waals surface area contributed by atoms with Crippen LogP contribution in [0.15, 0.2) is 12.4 Å². The van der Waals surface area contributed by atoms with E-state index in [9.17, 15) is 4.79 Å². The number of carbonyl (C=O) groups is 1. The first-order chi connectivity index (χ1) is 12.7. The Bertz CT molecular complexity index is 791. The molecular formula is C18H24N4O4. The van der Waals surface area contributed by atoms with Crippen molar-refractivity contribution in [1.29, 1.82) is 0 Å². The van der Waals surface area contributed by atoms with Crippen molar-refractivity contribution in [2.45, 2.75) is 51.8 Å². The van der Waals surface area contributed by atoms with Crippen molar-refractivity contribution >= 4 is 5.97 Å². The molecule has 0 N–H and O–H groups in total. The van der Waals surface area contributed by atoms with E-state index >= 15 is 0 Å². The Morgan fingerprint density at radius 2 is 2.15 bits per heavy atom. The normalized spacial score (nSPS) is 20.5. The second-order valence-electron chi connectivity index (χ2n) is 6.74. The van der Waals surface area contributed by atoms with E-state index in [1.54, 1.807) is 17.8 Å². The van der Waals surface area contributed by atoms with Gasteiger partial charge in [0.15, 0.2) is 0 Å². The topological polar surface area (TPSA) is 80.4 Å². The van der Waals surface area contributed by atoms with Crippen LogP contribution in [0.3, 0.4) is 0 Å². The largest absolute Gasteiger partial charge is 0.474 e. The summed E-state index contributed by atoms with van der Waals surface area (Å²) in [6, 6.07) is 0.317. The van der Waals surface area contributed by atoms with Gasteiger partial charge >= 0.3 is 5.97 Å². The number of aryl methyl sites for hydroxylation is 1. The number of nitrogens with zero attached hydrogens (tertiary/aromatic N) is 4. The number of esters is 1. The van der Waals surface area contributed by atoms with Crippen LogP contribution in [0.1, 0.15) is 49.5 Å². The van der Waals surface area contributed by atoms with E-state index < -0.39 is 5.97 Å². The number of ether oxygens (including phenoxy) is 3. The van der Waals surface area contributed by atoms with Gasteiger partial charge in [-0.15, -0.1) is 0 Å². The number of aromatic nitrogens is 4. The minimum atomic E-state index is -0.406. The molecule has 1 saturated heterocycles. The third-order valence-corrected chi connectivity index (χ3v) is 4.89. The van der Waals surface area contributed by atoms with Gasteiger partial charge in [-0.1, -0.05) is 0 Å². The van der Waals surface area contributed by atoms with E-state index in [0.717, 1.165) is 44.6 Å².